The topological polar surface area (TPSA) is 68.9 Å². The van der Waals surface area contributed by atoms with E-state index in [-0.39, 0.29) is 5.78 Å². The SMILES string of the molecule is CC(=O)c1nnc(N)s1. The number of nitrogens with two attached hydrogens (primary N) is 1. The molecule has 1 aromatic rings. The molecule has 0 saturated heterocycles. The van der Waals surface area contributed by atoms with Gasteiger partial charge >= 0.3 is 0 Å². The van der Waals surface area contributed by atoms with Crippen molar-refractivity contribution in [3.8, 4) is 0 Å². The number of ketones is 1. The van der Waals surface area contributed by atoms with Crippen molar-refractivity contribution in [3.05, 3.63) is 5.01 Å². The third kappa shape index (κ3) is 1.23. The van der Waals surface area contributed by atoms with Gasteiger partial charge in [0, 0.05) is 6.92 Å². The Kier molecular flexibility index (Phi) is 1.44. The van der Waals surface area contributed by atoms with Crippen LogP contribution in [0.4, 0.5) is 5.13 Å². The molecule has 0 unspecified atom stereocenters. The summed E-state index contributed by atoms with van der Waals surface area (Å²) in [5.74, 6) is -0.0933. The fourth-order valence-electron chi connectivity index (χ4n) is 0.377. The lowest BCUT2D eigenvalue weighted by molar-refractivity contribution is 0.101. The van der Waals surface area contributed by atoms with Gasteiger partial charge in [0.2, 0.25) is 5.13 Å². The van der Waals surface area contributed by atoms with Crippen LogP contribution in [-0.2, 0) is 0 Å². The van der Waals surface area contributed by atoms with Gasteiger partial charge in [-0.15, -0.1) is 10.2 Å². The van der Waals surface area contributed by atoms with Gasteiger partial charge in [-0.05, 0) is 0 Å². The Hall–Kier alpha value is -0.970. The van der Waals surface area contributed by atoms with Gasteiger partial charge in [-0.25, -0.2) is 0 Å². The van der Waals surface area contributed by atoms with Gasteiger partial charge in [0.15, 0.2) is 10.8 Å². The van der Waals surface area contributed by atoms with E-state index in [2.05, 4.69) is 10.2 Å². The first-order valence-corrected chi connectivity index (χ1v) is 3.11. The molecule has 1 rings (SSSR count). The molecule has 4 nitrogen and oxygen atoms in total. The van der Waals surface area contributed by atoms with Gasteiger partial charge in [0.25, 0.3) is 0 Å². The standard InChI is InChI=1S/C4H5N3OS/c1-2(8)3-6-7-4(5)9-3/h1H3,(H2,5,7). The third-order valence-corrected chi connectivity index (χ3v) is 1.60. The van der Waals surface area contributed by atoms with Crippen LogP contribution in [0.1, 0.15) is 16.7 Å². The Morgan fingerprint density at radius 3 is 2.56 bits per heavy atom. The van der Waals surface area contributed by atoms with Crippen LogP contribution in [0.15, 0.2) is 0 Å². The van der Waals surface area contributed by atoms with Crippen LogP contribution in [0.25, 0.3) is 0 Å². The summed E-state index contributed by atoms with van der Waals surface area (Å²) in [6.45, 7) is 1.43. The zero-order valence-corrected chi connectivity index (χ0v) is 5.60. The highest BCUT2D eigenvalue weighted by Crippen LogP contribution is 2.10. The number of hydrogen-bond acceptors (Lipinski definition) is 5. The number of carbonyl (C=O) groups is 1. The van der Waals surface area contributed by atoms with Crippen molar-refractivity contribution in [2.45, 2.75) is 6.92 Å². The first-order chi connectivity index (χ1) is 4.20. The molecule has 0 aliphatic rings. The smallest absolute Gasteiger partial charge is 0.203 e. The maximum atomic E-state index is 10.5. The zero-order valence-electron chi connectivity index (χ0n) is 4.79. The molecule has 48 valence electrons. The molecule has 1 aromatic heterocycles. The second-order valence-electron chi connectivity index (χ2n) is 1.50. The molecule has 0 fully saturated rings. The number of nitrogen functional groups attached to an aromatic ring is 1. The van der Waals surface area contributed by atoms with E-state index in [1.54, 1.807) is 0 Å². The van der Waals surface area contributed by atoms with Crippen molar-refractivity contribution in [1.29, 1.82) is 0 Å². The minimum atomic E-state index is -0.0933. The highest BCUT2D eigenvalue weighted by atomic mass is 32.1. The van der Waals surface area contributed by atoms with Crippen LogP contribution in [0, 0.1) is 0 Å². The van der Waals surface area contributed by atoms with E-state index in [1.165, 1.54) is 6.92 Å². The van der Waals surface area contributed by atoms with E-state index < -0.39 is 0 Å². The number of aromatic nitrogens is 2. The predicted molar refractivity (Wildman–Crippen MR) is 34.3 cm³/mol. The summed E-state index contributed by atoms with van der Waals surface area (Å²) in [7, 11) is 0. The fourth-order valence-corrected chi connectivity index (χ4v) is 0.882. The summed E-state index contributed by atoms with van der Waals surface area (Å²) in [5, 5.41) is 7.67. The van der Waals surface area contributed by atoms with Gasteiger partial charge in [-0.2, -0.15) is 0 Å². The summed E-state index contributed by atoms with van der Waals surface area (Å²) >= 11 is 1.10. The van der Waals surface area contributed by atoms with Crippen LogP contribution >= 0.6 is 11.3 Å². The zero-order chi connectivity index (χ0) is 6.85. The number of anilines is 1. The Bertz CT molecular complexity index is 231. The monoisotopic (exact) mass is 143 g/mol. The molecule has 0 aliphatic heterocycles. The lowest BCUT2D eigenvalue weighted by Crippen LogP contribution is -1.88. The second kappa shape index (κ2) is 2.10. The Morgan fingerprint density at radius 2 is 2.33 bits per heavy atom. The minimum Gasteiger partial charge on any atom is -0.374 e. The molecule has 9 heavy (non-hydrogen) atoms. The number of hydrogen-bond donors (Lipinski definition) is 1. The number of nitrogens with zero attached hydrogens (tertiary/aromatic N) is 2. The van der Waals surface area contributed by atoms with Gasteiger partial charge in [-0.1, -0.05) is 11.3 Å². The van der Waals surface area contributed by atoms with Gasteiger partial charge < -0.3 is 5.73 Å². The van der Waals surface area contributed by atoms with Crippen molar-refractivity contribution in [3.63, 3.8) is 0 Å². The lowest BCUT2D eigenvalue weighted by Gasteiger charge is -1.76. The van der Waals surface area contributed by atoms with Crippen LogP contribution in [0.2, 0.25) is 0 Å². The average Bonchev–Trinajstić information content (AvgIpc) is 2.14. The molecule has 1 heterocycles. The van der Waals surface area contributed by atoms with E-state index in [0.717, 1.165) is 11.3 Å². The van der Waals surface area contributed by atoms with Crippen LogP contribution in [0.3, 0.4) is 0 Å². The molecule has 0 amide bonds. The lowest BCUT2D eigenvalue weighted by atomic mass is 10.5. The normalized spacial score (nSPS) is 9.44. The first-order valence-electron chi connectivity index (χ1n) is 2.30. The molecule has 0 spiro atoms. The van der Waals surface area contributed by atoms with Gasteiger partial charge in [-0.3, -0.25) is 4.79 Å². The van der Waals surface area contributed by atoms with Crippen molar-refractivity contribution in [1.82, 2.24) is 10.2 Å². The summed E-state index contributed by atoms with van der Waals surface area (Å²) in [4.78, 5) is 10.5. The summed E-state index contributed by atoms with van der Waals surface area (Å²) in [5.41, 5.74) is 5.21. The van der Waals surface area contributed by atoms with Crippen molar-refractivity contribution in [2.75, 3.05) is 5.73 Å². The van der Waals surface area contributed by atoms with Crippen molar-refractivity contribution < 1.29 is 4.79 Å². The largest absolute Gasteiger partial charge is 0.374 e. The maximum Gasteiger partial charge on any atom is 0.203 e. The Labute approximate surface area is 55.7 Å². The maximum absolute atomic E-state index is 10.5. The molecule has 0 aliphatic carbocycles. The van der Waals surface area contributed by atoms with E-state index >= 15 is 0 Å². The van der Waals surface area contributed by atoms with Gasteiger partial charge in [0.05, 0.1) is 0 Å². The summed E-state index contributed by atoms with van der Waals surface area (Å²) in [6, 6.07) is 0. The molecule has 2 N–H and O–H groups in total. The van der Waals surface area contributed by atoms with E-state index in [1.807, 2.05) is 0 Å². The fraction of sp³-hybridized carbons (Fsp3) is 0.250. The molecule has 0 saturated carbocycles. The summed E-state index contributed by atoms with van der Waals surface area (Å²) in [6.07, 6.45) is 0. The molecule has 0 aromatic carbocycles. The number of Topliss-reactive ketones (excluding diaryl/α,β-unsaturated/α-hetero) is 1. The van der Waals surface area contributed by atoms with Crippen molar-refractivity contribution in [2.24, 2.45) is 0 Å². The van der Waals surface area contributed by atoms with Crippen molar-refractivity contribution >= 4 is 22.3 Å². The van der Waals surface area contributed by atoms with Gasteiger partial charge in [0.1, 0.15) is 0 Å². The summed E-state index contributed by atoms with van der Waals surface area (Å²) < 4.78 is 0. The quantitative estimate of drug-likeness (QED) is 0.575. The molecule has 0 bridgehead atoms. The Morgan fingerprint density at radius 1 is 1.67 bits per heavy atom. The molecule has 0 atom stereocenters. The molecular formula is C4H5N3OS. The Balaban J connectivity index is 2.98. The van der Waals surface area contributed by atoms with E-state index in [4.69, 9.17) is 5.73 Å². The number of carbonyl (C=O) groups excluding carboxylic acids is 1. The predicted octanol–water partition coefficient (Wildman–Crippen LogP) is 0.323. The minimum absolute atomic E-state index is 0.0933. The van der Waals surface area contributed by atoms with Crippen LogP contribution < -0.4 is 5.73 Å². The van der Waals surface area contributed by atoms with Crippen LogP contribution in [0.5, 0.6) is 0 Å². The van der Waals surface area contributed by atoms with Crippen LogP contribution in [-0.4, -0.2) is 16.0 Å². The third-order valence-electron chi connectivity index (χ3n) is 0.742. The van der Waals surface area contributed by atoms with E-state index in [9.17, 15) is 4.79 Å². The molecule has 0 radical (unpaired) electrons. The highest BCUT2D eigenvalue weighted by molar-refractivity contribution is 7.16. The van der Waals surface area contributed by atoms with E-state index in [0.29, 0.717) is 10.1 Å². The first kappa shape index (κ1) is 6.15. The molecule has 5 heteroatoms. The molecular weight excluding hydrogens is 138 g/mol. The average molecular weight is 143 g/mol. The number of rotatable bonds is 1. The highest BCUT2D eigenvalue weighted by Gasteiger charge is 2.03. The second-order valence-corrected chi connectivity index (χ2v) is 2.51.